The topological polar surface area (TPSA) is 29.1 Å². The Morgan fingerprint density at radius 3 is 2.59 bits per heavy atom. The number of anilines is 1. The summed E-state index contributed by atoms with van der Waals surface area (Å²) in [6.07, 6.45) is 1.74. The van der Waals surface area contributed by atoms with E-state index in [0.717, 1.165) is 5.75 Å². The molecule has 17 heavy (non-hydrogen) atoms. The lowest BCUT2D eigenvalue weighted by molar-refractivity contribution is -0.113. The van der Waals surface area contributed by atoms with E-state index in [1.54, 1.807) is 6.08 Å². The summed E-state index contributed by atoms with van der Waals surface area (Å²) in [5.41, 5.74) is 0.463. The second-order valence-electron chi connectivity index (χ2n) is 3.10. The number of carbonyl (C=O) groups is 1. The Labute approximate surface area is 119 Å². The molecule has 0 fully saturated rings. The zero-order chi connectivity index (χ0) is 12.8. The summed E-state index contributed by atoms with van der Waals surface area (Å²) in [5.74, 6) is 0.919. The van der Waals surface area contributed by atoms with Gasteiger partial charge in [-0.2, -0.15) is 0 Å². The second-order valence-corrected chi connectivity index (χ2v) is 5.35. The van der Waals surface area contributed by atoms with Gasteiger partial charge < -0.3 is 5.32 Å². The van der Waals surface area contributed by atoms with Gasteiger partial charge >= 0.3 is 0 Å². The molecule has 0 saturated carbocycles. The summed E-state index contributed by atoms with van der Waals surface area (Å²) in [5, 5.41) is 3.74. The van der Waals surface area contributed by atoms with Crippen LogP contribution >= 0.6 is 46.6 Å². The third-order valence-corrected chi connectivity index (χ3v) is 3.73. The number of thioether (sulfide) groups is 1. The third-order valence-electron chi connectivity index (χ3n) is 1.75. The minimum absolute atomic E-state index is 0.142. The van der Waals surface area contributed by atoms with Crippen LogP contribution in [-0.2, 0) is 4.79 Å². The molecule has 92 valence electrons. The van der Waals surface area contributed by atoms with E-state index in [0.29, 0.717) is 26.5 Å². The van der Waals surface area contributed by atoms with Crippen LogP contribution in [0.3, 0.4) is 0 Å². The molecule has 0 atom stereocenters. The van der Waals surface area contributed by atoms with E-state index in [1.165, 1.54) is 23.9 Å². The van der Waals surface area contributed by atoms with E-state index >= 15 is 0 Å². The van der Waals surface area contributed by atoms with Crippen LogP contribution in [0.5, 0.6) is 0 Å². The fraction of sp³-hybridized carbons (Fsp3) is 0.182. The van der Waals surface area contributed by atoms with Crippen molar-refractivity contribution in [1.29, 1.82) is 0 Å². The summed E-state index contributed by atoms with van der Waals surface area (Å²) < 4.78 is 0. The lowest BCUT2D eigenvalue weighted by Gasteiger charge is -2.08. The minimum Gasteiger partial charge on any atom is -0.324 e. The van der Waals surface area contributed by atoms with Gasteiger partial charge in [-0.15, -0.1) is 18.3 Å². The van der Waals surface area contributed by atoms with E-state index in [1.807, 2.05) is 0 Å². The molecule has 2 nitrogen and oxygen atoms in total. The summed E-state index contributed by atoms with van der Waals surface area (Å²) in [4.78, 5) is 11.5. The van der Waals surface area contributed by atoms with Crippen molar-refractivity contribution < 1.29 is 4.79 Å². The smallest absolute Gasteiger partial charge is 0.234 e. The minimum atomic E-state index is -0.142. The molecule has 1 aromatic carbocycles. The number of rotatable bonds is 5. The zero-order valence-corrected chi connectivity index (χ0v) is 11.9. The van der Waals surface area contributed by atoms with Crippen LogP contribution in [0.2, 0.25) is 15.1 Å². The van der Waals surface area contributed by atoms with Crippen LogP contribution in [0.15, 0.2) is 24.8 Å². The first-order valence-electron chi connectivity index (χ1n) is 4.67. The standard InChI is InChI=1S/C11H10Cl3NOS/c1-2-3-17-6-11(16)15-10-5-8(13)7(12)4-9(10)14/h2,4-5H,1,3,6H2,(H,15,16). The van der Waals surface area contributed by atoms with Gasteiger partial charge in [0.1, 0.15) is 0 Å². The molecular weight excluding hydrogens is 301 g/mol. The molecule has 0 aliphatic carbocycles. The number of amides is 1. The van der Waals surface area contributed by atoms with E-state index in [9.17, 15) is 4.79 Å². The van der Waals surface area contributed by atoms with Crippen LogP contribution < -0.4 is 5.32 Å². The average molecular weight is 311 g/mol. The average Bonchev–Trinajstić information content (AvgIpc) is 2.26. The maximum absolute atomic E-state index is 11.5. The fourth-order valence-electron chi connectivity index (χ4n) is 1.04. The van der Waals surface area contributed by atoms with Crippen molar-refractivity contribution in [2.24, 2.45) is 0 Å². The first kappa shape index (κ1) is 14.7. The van der Waals surface area contributed by atoms with E-state index in [4.69, 9.17) is 34.8 Å². The Balaban J connectivity index is 2.65. The van der Waals surface area contributed by atoms with Crippen LogP contribution in [0, 0.1) is 0 Å². The van der Waals surface area contributed by atoms with Gasteiger partial charge in [0.25, 0.3) is 0 Å². The van der Waals surface area contributed by atoms with Gasteiger partial charge in [0.05, 0.1) is 26.5 Å². The molecule has 0 saturated heterocycles. The van der Waals surface area contributed by atoms with Crippen molar-refractivity contribution >= 4 is 58.2 Å². The predicted octanol–water partition coefficient (Wildman–Crippen LogP) is 4.50. The highest BCUT2D eigenvalue weighted by Gasteiger charge is 2.09. The quantitative estimate of drug-likeness (QED) is 0.493. The first-order chi connectivity index (χ1) is 8.04. The molecule has 1 N–H and O–H groups in total. The van der Waals surface area contributed by atoms with Gasteiger partial charge in [0.15, 0.2) is 0 Å². The van der Waals surface area contributed by atoms with E-state index < -0.39 is 0 Å². The van der Waals surface area contributed by atoms with Crippen LogP contribution in [0.1, 0.15) is 0 Å². The molecule has 0 aromatic heterocycles. The number of nitrogens with one attached hydrogen (secondary N) is 1. The monoisotopic (exact) mass is 309 g/mol. The highest BCUT2D eigenvalue weighted by atomic mass is 35.5. The first-order valence-corrected chi connectivity index (χ1v) is 6.96. The molecule has 0 aliphatic heterocycles. The van der Waals surface area contributed by atoms with Gasteiger partial charge in [0.2, 0.25) is 5.91 Å². The molecule has 0 unspecified atom stereocenters. The largest absolute Gasteiger partial charge is 0.324 e. The normalized spacial score (nSPS) is 10.1. The summed E-state index contributed by atoms with van der Waals surface area (Å²) in [7, 11) is 0. The SMILES string of the molecule is C=CCSCC(=O)Nc1cc(Cl)c(Cl)cc1Cl. The van der Waals surface area contributed by atoms with Gasteiger partial charge in [0, 0.05) is 5.75 Å². The van der Waals surface area contributed by atoms with Gasteiger partial charge in [-0.25, -0.2) is 0 Å². The Bertz CT molecular complexity index is 437. The number of hydrogen-bond acceptors (Lipinski definition) is 2. The molecule has 0 heterocycles. The molecule has 1 amide bonds. The third kappa shape index (κ3) is 4.80. The summed E-state index contributed by atoms with van der Waals surface area (Å²) in [6, 6.07) is 3.03. The maximum Gasteiger partial charge on any atom is 0.234 e. The molecule has 0 bridgehead atoms. The van der Waals surface area contributed by atoms with Crippen molar-refractivity contribution in [2.45, 2.75) is 0 Å². The molecule has 0 radical (unpaired) electrons. The number of halogens is 3. The van der Waals surface area contributed by atoms with Crippen molar-refractivity contribution in [1.82, 2.24) is 0 Å². The molecule has 0 spiro atoms. The summed E-state index contributed by atoms with van der Waals surface area (Å²) >= 11 is 19.0. The zero-order valence-electron chi connectivity index (χ0n) is 8.80. The van der Waals surface area contributed by atoms with Crippen molar-refractivity contribution in [3.63, 3.8) is 0 Å². The summed E-state index contributed by atoms with van der Waals surface area (Å²) in [6.45, 7) is 3.57. The van der Waals surface area contributed by atoms with Gasteiger partial charge in [-0.3, -0.25) is 4.79 Å². The number of hydrogen-bond donors (Lipinski definition) is 1. The Morgan fingerprint density at radius 1 is 1.29 bits per heavy atom. The Morgan fingerprint density at radius 2 is 1.94 bits per heavy atom. The van der Waals surface area contributed by atoms with Crippen LogP contribution in [0.25, 0.3) is 0 Å². The number of carbonyl (C=O) groups excluding carboxylic acids is 1. The lowest BCUT2D eigenvalue weighted by atomic mass is 10.3. The molecule has 6 heteroatoms. The maximum atomic E-state index is 11.5. The van der Waals surface area contributed by atoms with Gasteiger partial charge in [-0.1, -0.05) is 40.9 Å². The Hall–Kier alpha value is -0.350. The lowest BCUT2D eigenvalue weighted by Crippen LogP contribution is -2.14. The molecular formula is C11H10Cl3NOS. The van der Waals surface area contributed by atoms with E-state index in [2.05, 4.69) is 11.9 Å². The highest BCUT2D eigenvalue weighted by molar-refractivity contribution is 8.00. The predicted molar refractivity (Wildman–Crippen MR) is 77.6 cm³/mol. The van der Waals surface area contributed by atoms with Crippen LogP contribution in [-0.4, -0.2) is 17.4 Å². The van der Waals surface area contributed by atoms with E-state index in [-0.39, 0.29) is 5.91 Å². The molecule has 1 rings (SSSR count). The molecule has 1 aromatic rings. The van der Waals surface area contributed by atoms with Crippen molar-refractivity contribution in [3.05, 3.63) is 39.9 Å². The Kier molecular flexibility index (Phi) is 6.20. The number of benzene rings is 1. The van der Waals surface area contributed by atoms with Crippen molar-refractivity contribution in [3.8, 4) is 0 Å². The molecule has 0 aliphatic rings. The fourth-order valence-corrected chi connectivity index (χ4v) is 2.18. The van der Waals surface area contributed by atoms with Crippen molar-refractivity contribution in [2.75, 3.05) is 16.8 Å². The highest BCUT2D eigenvalue weighted by Crippen LogP contribution is 2.32. The van der Waals surface area contributed by atoms with Gasteiger partial charge in [-0.05, 0) is 12.1 Å². The van der Waals surface area contributed by atoms with Crippen LogP contribution in [0.4, 0.5) is 5.69 Å². The second kappa shape index (κ2) is 7.17.